The van der Waals surface area contributed by atoms with Crippen molar-refractivity contribution in [2.45, 2.75) is 6.92 Å². The van der Waals surface area contributed by atoms with Gasteiger partial charge in [0.1, 0.15) is 24.2 Å². The van der Waals surface area contributed by atoms with E-state index in [9.17, 15) is 4.79 Å². The number of halogens is 1. The second kappa shape index (κ2) is 8.35. The van der Waals surface area contributed by atoms with E-state index < -0.39 is 0 Å². The van der Waals surface area contributed by atoms with Crippen molar-refractivity contribution in [3.05, 3.63) is 60.1 Å². The monoisotopic (exact) mass is 372 g/mol. The molecule has 3 aromatic rings. The van der Waals surface area contributed by atoms with E-state index in [0.29, 0.717) is 28.8 Å². The van der Waals surface area contributed by atoms with Crippen molar-refractivity contribution in [1.82, 2.24) is 14.8 Å². The molecular formula is C18H17ClN4O3. The Kier molecular flexibility index (Phi) is 5.70. The van der Waals surface area contributed by atoms with Gasteiger partial charge in [-0.2, -0.15) is 0 Å². The summed E-state index contributed by atoms with van der Waals surface area (Å²) < 4.78 is 12.7. The Labute approximate surface area is 155 Å². The maximum Gasteiger partial charge on any atom is 0.262 e. The number of ether oxygens (including phenoxy) is 2. The molecule has 0 saturated heterocycles. The molecule has 134 valence electrons. The van der Waals surface area contributed by atoms with Gasteiger partial charge in [-0.3, -0.25) is 9.36 Å². The van der Waals surface area contributed by atoms with Crippen molar-refractivity contribution >= 4 is 23.2 Å². The Morgan fingerprint density at radius 2 is 1.85 bits per heavy atom. The van der Waals surface area contributed by atoms with Crippen LogP contribution in [0.25, 0.3) is 5.69 Å². The van der Waals surface area contributed by atoms with Crippen LogP contribution in [0.15, 0.2) is 55.1 Å². The van der Waals surface area contributed by atoms with Gasteiger partial charge in [0, 0.05) is 10.7 Å². The Hall–Kier alpha value is -3.06. The zero-order chi connectivity index (χ0) is 18.4. The number of nitrogens with one attached hydrogen (secondary N) is 1. The van der Waals surface area contributed by atoms with E-state index in [1.165, 1.54) is 12.7 Å². The van der Waals surface area contributed by atoms with Crippen molar-refractivity contribution in [3.63, 3.8) is 0 Å². The molecule has 3 rings (SSSR count). The molecule has 0 aliphatic rings. The molecule has 0 radical (unpaired) electrons. The number of rotatable bonds is 7. The smallest absolute Gasteiger partial charge is 0.262 e. The lowest BCUT2D eigenvalue weighted by atomic mass is 10.3. The summed E-state index contributed by atoms with van der Waals surface area (Å²) in [6.07, 6.45) is 3.05. The number of benzene rings is 2. The highest BCUT2D eigenvalue weighted by atomic mass is 35.5. The van der Waals surface area contributed by atoms with Crippen molar-refractivity contribution in [3.8, 4) is 17.2 Å². The minimum atomic E-state index is -0.279. The van der Waals surface area contributed by atoms with Crippen LogP contribution >= 0.6 is 11.6 Å². The molecule has 1 amide bonds. The van der Waals surface area contributed by atoms with Crippen LogP contribution in [0.4, 0.5) is 5.69 Å². The summed E-state index contributed by atoms with van der Waals surface area (Å²) >= 11 is 6.04. The van der Waals surface area contributed by atoms with E-state index in [0.717, 1.165) is 5.75 Å². The summed E-state index contributed by atoms with van der Waals surface area (Å²) in [6.45, 7) is 2.36. The van der Waals surface area contributed by atoms with E-state index in [4.69, 9.17) is 21.1 Å². The highest BCUT2D eigenvalue weighted by Crippen LogP contribution is 2.26. The van der Waals surface area contributed by atoms with Gasteiger partial charge in [-0.15, -0.1) is 10.2 Å². The molecule has 0 unspecified atom stereocenters. The van der Waals surface area contributed by atoms with Crippen LogP contribution in [0.2, 0.25) is 5.02 Å². The van der Waals surface area contributed by atoms with Gasteiger partial charge in [0.05, 0.1) is 12.3 Å². The number of hydrogen-bond donors (Lipinski definition) is 1. The van der Waals surface area contributed by atoms with Crippen LogP contribution in [0, 0.1) is 0 Å². The van der Waals surface area contributed by atoms with Crippen molar-refractivity contribution in [2.24, 2.45) is 0 Å². The normalized spacial score (nSPS) is 10.4. The third-order valence-corrected chi connectivity index (χ3v) is 3.66. The largest absolute Gasteiger partial charge is 0.494 e. The lowest BCUT2D eigenvalue weighted by Gasteiger charge is -2.12. The lowest BCUT2D eigenvalue weighted by Crippen LogP contribution is -2.20. The van der Waals surface area contributed by atoms with E-state index in [1.807, 2.05) is 6.92 Å². The fraction of sp³-hybridized carbons (Fsp3) is 0.167. The molecule has 8 heteroatoms. The quantitative estimate of drug-likeness (QED) is 0.688. The predicted molar refractivity (Wildman–Crippen MR) is 98.1 cm³/mol. The van der Waals surface area contributed by atoms with E-state index in [-0.39, 0.29) is 12.5 Å². The number of nitrogens with zero attached hydrogens (tertiary/aromatic N) is 3. The molecule has 7 nitrogen and oxygen atoms in total. The standard InChI is InChI=1S/C18H17ClN4O3/c1-2-25-15-6-4-14(5-7-15)22-18(24)10-26-17-8-3-13(19)9-16(17)23-11-20-21-12-23/h3-9,11-12H,2,10H2,1H3,(H,22,24). The first-order chi connectivity index (χ1) is 12.7. The van der Waals surface area contributed by atoms with Gasteiger partial charge in [-0.05, 0) is 49.4 Å². The highest BCUT2D eigenvalue weighted by Gasteiger charge is 2.10. The van der Waals surface area contributed by atoms with Crippen LogP contribution in [0.3, 0.4) is 0 Å². The average molecular weight is 373 g/mol. The van der Waals surface area contributed by atoms with Gasteiger partial charge >= 0.3 is 0 Å². The van der Waals surface area contributed by atoms with Gasteiger partial charge in [-0.1, -0.05) is 11.6 Å². The van der Waals surface area contributed by atoms with E-state index in [1.54, 1.807) is 47.0 Å². The first-order valence-corrected chi connectivity index (χ1v) is 8.33. The number of carbonyl (C=O) groups excluding carboxylic acids is 1. The molecule has 0 spiro atoms. The third-order valence-electron chi connectivity index (χ3n) is 3.43. The van der Waals surface area contributed by atoms with Crippen LogP contribution in [0.5, 0.6) is 11.5 Å². The Balaban J connectivity index is 1.63. The fourth-order valence-electron chi connectivity index (χ4n) is 2.28. The van der Waals surface area contributed by atoms with Crippen molar-refractivity contribution in [1.29, 1.82) is 0 Å². The molecular weight excluding hydrogens is 356 g/mol. The molecule has 0 atom stereocenters. The summed E-state index contributed by atoms with van der Waals surface area (Å²) in [4.78, 5) is 12.1. The SMILES string of the molecule is CCOc1ccc(NC(=O)COc2ccc(Cl)cc2-n2cnnc2)cc1. The minimum absolute atomic E-state index is 0.149. The number of amides is 1. The van der Waals surface area contributed by atoms with Crippen molar-refractivity contribution in [2.75, 3.05) is 18.5 Å². The Bertz CT molecular complexity index is 867. The zero-order valence-corrected chi connectivity index (χ0v) is 14.8. The molecule has 0 bridgehead atoms. The minimum Gasteiger partial charge on any atom is -0.494 e. The molecule has 0 aliphatic heterocycles. The van der Waals surface area contributed by atoms with Gasteiger partial charge in [-0.25, -0.2) is 0 Å². The van der Waals surface area contributed by atoms with Crippen LogP contribution in [-0.4, -0.2) is 33.9 Å². The van der Waals surface area contributed by atoms with Crippen molar-refractivity contribution < 1.29 is 14.3 Å². The second-order valence-electron chi connectivity index (χ2n) is 5.28. The molecule has 0 aliphatic carbocycles. The van der Waals surface area contributed by atoms with Gasteiger partial charge < -0.3 is 14.8 Å². The molecule has 0 fully saturated rings. The number of carbonyl (C=O) groups is 1. The number of anilines is 1. The van der Waals surface area contributed by atoms with E-state index in [2.05, 4.69) is 15.5 Å². The first-order valence-electron chi connectivity index (χ1n) is 7.96. The summed E-state index contributed by atoms with van der Waals surface area (Å²) in [7, 11) is 0. The predicted octanol–water partition coefficient (Wildman–Crippen LogP) is 3.34. The van der Waals surface area contributed by atoms with Crippen LogP contribution < -0.4 is 14.8 Å². The number of hydrogen-bond acceptors (Lipinski definition) is 5. The third kappa shape index (κ3) is 4.52. The fourth-order valence-corrected chi connectivity index (χ4v) is 2.45. The highest BCUT2D eigenvalue weighted by molar-refractivity contribution is 6.30. The topological polar surface area (TPSA) is 78.3 Å². The Morgan fingerprint density at radius 3 is 2.54 bits per heavy atom. The molecule has 1 N–H and O–H groups in total. The Morgan fingerprint density at radius 1 is 1.12 bits per heavy atom. The molecule has 2 aromatic carbocycles. The van der Waals surface area contributed by atoms with Gasteiger partial charge in [0.25, 0.3) is 5.91 Å². The maximum absolute atomic E-state index is 12.1. The second-order valence-corrected chi connectivity index (χ2v) is 5.71. The van der Waals surface area contributed by atoms with E-state index >= 15 is 0 Å². The van der Waals surface area contributed by atoms with Gasteiger partial charge in [0.2, 0.25) is 0 Å². The first kappa shape index (κ1) is 17.8. The summed E-state index contributed by atoms with van der Waals surface area (Å²) in [5.74, 6) is 0.969. The lowest BCUT2D eigenvalue weighted by molar-refractivity contribution is -0.118. The zero-order valence-electron chi connectivity index (χ0n) is 14.1. The molecule has 26 heavy (non-hydrogen) atoms. The summed E-state index contributed by atoms with van der Waals surface area (Å²) in [5.41, 5.74) is 1.31. The average Bonchev–Trinajstić information content (AvgIpc) is 3.17. The van der Waals surface area contributed by atoms with Gasteiger partial charge in [0.15, 0.2) is 6.61 Å². The number of aromatic nitrogens is 3. The molecule has 0 saturated carbocycles. The van der Waals surface area contributed by atoms with Crippen LogP contribution in [-0.2, 0) is 4.79 Å². The maximum atomic E-state index is 12.1. The molecule has 1 heterocycles. The molecule has 1 aromatic heterocycles. The van der Waals surface area contributed by atoms with Crippen LogP contribution in [0.1, 0.15) is 6.92 Å². The summed E-state index contributed by atoms with van der Waals surface area (Å²) in [6, 6.07) is 12.2. The summed E-state index contributed by atoms with van der Waals surface area (Å²) in [5, 5.41) is 10.8.